The minimum atomic E-state index is -1.88. The number of rotatable bonds is 4. The van der Waals surface area contributed by atoms with E-state index in [4.69, 9.17) is 9.47 Å². The van der Waals surface area contributed by atoms with Gasteiger partial charge < -0.3 is 24.6 Å². The summed E-state index contributed by atoms with van der Waals surface area (Å²) in [5.74, 6) is -1.97. The molecular formula is C12H18FNO7. The fourth-order valence-corrected chi connectivity index (χ4v) is 1.96. The molecule has 1 aliphatic heterocycles. The van der Waals surface area contributed by atoms with Gasteiger partial charge in [0.2, 0.25) is 5.91 Å². The third kappa shape index (κ3) is 4.94. The normalized spacial score (nSPS) is 32.1. The Morgan fingerprint density at radius 3 is 2.33 bits per heavy atom. The second-order valence-corrected chi connectivity index (χ2v) is 4.61. The van der Waals surface area contributed by atoms with Crippen molar-refractivity contribution in [3.63, 3.8) is 0 Å². The van der Waals surface area contributed by atoms with Crippen molar-refractivity contribution in [2.45, 2.75) is 51.5 Å². The molecule has 1 aliphatic rings. The van der Waals surface area contributed by atoms with E-state index in [0.29, 0.717) is 0 Å². The van der Waals surface area contributed by atoms with Gasteiger partial charge in [-0.3, -0.25) is 14.4 Å². The quantitative estimate of drug-likeness (QED) is 0.643. The summed E-state index contributed by atoms with van der Waals surface area (Å²) < 4.78 is 28.8. The molecule has 0 aliphatic carbocycles. The molecule has 1 heterocycles. The molecule has 0 spiro atoms. The second kappa shape index (κ2) is 7.32. The van der Waals surface area contributed by atoms with E-state index < -0.39 is 55.2 Å². The van der Waals surface area contributed by atoms with Gasteiger partial charge in [0, 0.05) is 20.8 Å². The van der Waals surface area contributed by atoms with Crippen molar-refractivity contribution in [3.8, 4) is 0 Å². The van der Waals surface area contributed by atoms with E-state index in [1.165, 1.54) is 0 Å². The van der Waals surface area contributed by atoms with Crippen LogP contribution in [-0.2, 0) is 28.6 Å². The Kier molecular flexibility index (Phi) is 6.03. The maximum Gasteiger partial charge on any atom is 0.303 e. The van der Waals surface area contributed by atoms with Crippen molar-refractivity contribution in [2.24, 2.45) is 0 Å². The molecule has 5 atom stereocenters. The third-order valence-electron chi connectivity index (χ3n) is 2.77. The van der Waals surface area contributed by atoms with Gasteiger partial charge in [0.15, 0.2) is 18.6 Å². The highest BCUT2D eigenvalue weighted by Gasteiger charge is 2.48. The summed E-state index contributed by atoms with van der Waals surface area (Å²) in [6, 6.07) is -1.25. The summed E-state index contributed by atoms with van der Waals surface area (Å²) in [5, 5.41) is 12.1. The lowest BCUT2D eigenvalue weighted by atomic mass is 9.98. The number of carbonyl (C=O) groups is 3. The number of hydrogen-bond acceptors (Lipinski definition) is 7. The van der Waals surface area contributed by atoms with Crippen LogP contribution in [-0.4, -0.2) is 60.3 Å². The van der Waals surface area contributed by atoms with Crippen LogP contribution >= 0.6 is 0 Å². The Hall–Kier alpha value is -1.74. The Morgan fingerprint density at radius 2 is 1.86 bits per heavy atom. The van der Waals surface area contributed by atoms with Gasteiger partial charge >= 0.3 is 11.9 Å². The average Bonchev–Trinajstić information content (AvgIpc) is 2.35. The summed E-state index contributed by atoms with van der Waals surface area (Å²) in [7, 11) is 0. The zero-order valence-corrected chi connectivity index (χ0v) is 11.9. The second-order valence-electron chi connectivity index (χ2n) is 4.61. The van der Waals surface area contributed by atoms with Crippen LogP contribution < -0.4 is 5.32 Å². The number of amides is 1. The average molecular weight is 307 g/mol. The summed E-state index contributed by atoms with van der Waals surface area (Å²) in [4.78, 5) is 32.9. The summed E-state index contributed by atoms with van der Waals surface area (Å²) in [5.41, 5.74) is 0. The summed E-state index contributed by atoms with van der Waals surface area (Å²) >= 11 is 0. The number of halogens is 1. The zero-order chi connectivity index (χ0) is 16.2. The number of aliphatic hydroxyl groups excluding tert-OH is 1. The molecule has 1 saturated heterocycles. The topological polar surface area (TPSA) is 111 Å². The van der Waals surface area contributed by atoms with E-state index in [9.17, 15) is 23.9 Å². The molecule has 1 unspecified atom stereocenters. The highest BCUT2D eigenvalue weighted by atomic mass is 19.1. The monoisotopic (exact) mass is 307 g/mol. The van der Waals surface area contributed by atoms with Crippen molar-refractivity contribution >= 4 is 17.8 Å². The Morgan fingerprint density at radius 1 is 1.24 bits per heavy atom. The van der Waals surface area contributed by atoms with Gasteiger partial charge in [-0.1, -0.05) is 0 Å². The van der Waals surface area contributed by atoms with Gasteiger partial charge in [-0.25, -0.2) is 4.39 Å². The Labute approximate surface area is 120 Å². The van der Waals surface area contributed by atoms with Gasteiger partial charge in [-0.2, -0.15) is 0 Å². The van der Waals surface area contributed by atoms with Gasteiger partial charge in [-0.05, 0) is 0 Å². The van der Waals surface area contributed by atoms with Crippen LogP contribution in [0.3, 0.4) is 0 Å². The van der Waals surface area contributed by atoms with E-state index in [1.54, 1.807) is 0 Å². The first-order valence-electron chi connectivity index (χ1n) is 6.27. The first kappa shape index (κ1) is 17.3. The number of carbonyl (C=O) groups excluding carboxylic acids is 3. The largest absolute Gasteiger partial charge is 0.463 e. The maximum absolute atomic E-state index is 14.3. The minimum absolute atomic E-state index is 0.446. The van der Waals surface area contributed by atoms with E-state index in [2.05, 4.69) is 10.1 Å². The highest BCUT2D eigenvalue weighted by Crippen LogP contribution is 2.25. The summed E-state index contributed by atoms with van der Waals surface area (Å²) in [6.07, 6.45) is -6.24. The lowest BCUT2D eigenvalue weighted by molar-refractivity contribution is -0.247. The Balaban J connectivity index is 2.87. The maximum atomic E-state index is 14.3. The highest BCUT2D eigenvalue weighted by molar-refractivity contribution is 5.73. The van der Waals surface area contributed by atoms with E-state index in [0.717, 1.165) is 20.8 Å². The minimum Gasteiger partial charge on any atom is -0.463 e. The number of ether oxygens (including phenoxy) is 3. The molecule has 1 amide bonds. The van der Waals surface area contributed by atoms with Crippen molar-refractivity contribution < 1.29 is 38.1 Å². The predicted molar refractivity (Wildman–Crippen MR) is 65.6 cm³/mol. The van der Waals surface area contributed by atoms with Crippen molar-refractivity contribution in [1.29, 1.82) is 0 Å². The van der Waals surface area contributed by atoms with Gasteiger partial charge in [0.1, 0.15) is 18.8 Å². The van der Waals surface area contributed by atoms with Crippen molar-refractivity contribution in [2.75, 3.05) is 6.61 Å². The lowest BCUT2D eigenvalue weighted by Crippen LogP contribution is -2.64. The van der Waals surface area contributed by atoms with Crippen molar-refractivity contribution in [1.82, 2.24) is 5.32 Å². The zero-order valence-electron chi connectivity index (χ0n) is 11.9. The lowest BCUT2D eigenvalue weighted by Gasteiger charge is -2.40. The van der Waals surface area contributed by atoms with Gasteiger partial charge in [0.25, 0.3) is 0 Å². The molecule has 0 radical (unpaired) electrons. The molecule has 0 aromatic rings. The number of hydrogen-bond donors (Lipinski definition) is 2. The number of esters is 2. The molecule has 120 valence electrons. The van der Waals surface area contributed by atoms with E-state index in [-0.39, 0.29) is 0 Å². The fourth-order valence-electron chi connectivity index (χ4n) is 1.96. The molecule has 0 bridgehead atoms. The number of nitrogens with one attached hydrogen (secondary N) is 1. The number of aliphatic hydroxyl groups is 1. The van der Waals surface area contributed by atoms with Gasteiger partial charge in [-0.15, -0.1) is 0 Å². The first-order chi connectivity index (χ1) is 9.72. The van der Waals surface area contributed by atoms with Crippen LogP contribution in [0.25, 0.3) is 0 Å². The Bertz CT molecular complexity index is 416. The van der Waals surface area contributed by atoms with Crippen LogP contribution in [0.1, 0.15) is 20.8 Å². The molecular weight excluding hydrogens is 289 g/mol. The van der Waals surface area contributed by atoms with E-state index in [1.807, 2.05) is 0 Å². The predicted octanol–water partition coefficient (Wildman–Crippen LogP) is -0.959. The first-order valence-corrected chi connectivity index (χ1v) is 6.27. The standard InChI is InChI=1S/C12H18FNO7/c1-5(15)14-10-11(20-7(3)17)9(13)8(21-12(10)18)4-19-6(2)16/h8-12,18H,4H2,1-3H3,(H,14,15)/t8-,9-,10-,11+,12?/m1/s1. The van der Waals surface area contributed by atoms with Crippen LogP contribution in [0.2, 0.25) is 0 Å². The summed E-state index contributed by atoms with van der Waals surface area (Å²) in [6.45, 7) is 2.92. The van der Waals surface area contributed by atoms with Crippen LogP contribution in [0.4, 0.5) is 4.39 Å². The van der Waals surface area contributed by atoms with Crippen molar-refractivity contribution in [3.05, 3.63) is 0 Å². The van der Waals surface area contributed by atoms with Crippen LogP contribution in [0.15, 0.2) is 0 Å². The molecule has 9 heteroatoms. The molecule has 0 saturated carbocycles. The van der Waals surface area contributed by atoms with E-state index >= 15 is 0 Å². The fraction of sp³-hybridized carbons (Fsp3) is 0.750. The SMILES string of the molecule is CC(=O)N[C@H]1C(O)O[C@H](COC(C)=O)[C@@H](F)[C@@H]1OC(C)=O. The van der Waals surface area contributed by atoms with Gasteiger partial charge in [0.05, 0.1) is 0 Å². The molecule has 0 aromatic carbocycles. The molecule has 1 fully saturated rings. The number of alkyl halides is 1. The van der Waals surface area contributed by atoms with Crippen LogP contribution in [0.5, 0.6) is 0 Å². The molecule has 21 heavy (non-hydrogen) atoms. The smallest absolute Gasteiger partial charge is 0.303 e. The molecule has 8 nitrogen and oxygen atoms in total. The van der Waals surface area contributed by atoms with Crippen LogP contribution in [0, 0.1) is 0 Å². The third-order valence-corrected chi connectivity index (χ3v) is 2.77. The molecule has 1 rings (SSSR count). The molecule has 0 aromatic heterocycles. The molecule has 2 N–H and O–H groups in total.